The highest BCUT2D eigenvalue weighted by Crippen LogP contribution is 2.39. The summed E-state index contributed by atoms with van der Waals surface area (Å²) in [5.74, 6) is -0.0501. The number of Topliss-reactive ketones (excluding diaryl/α,β-unsaturated/α-hetero) is 1. The molecule has 3 aliphatic heterocycles. The SMILES string of the molecule is CCCC1C(=O)C(c2ccccc2)C2=C(N3CC=CN3C=N2)[N+]1=O. The van der Waals surface area contributed by atoms with Crippen molar-refractivity contribution in [2.24, 2.45) is 4.99 Å². The fourth-order valence-electron chi connectivity index (χ4n) is 3.56. The molecule has 1 aromatic carbocycles. The van der Waals surface area contributed by atoms with E-state index in [0.29, 0.717) is 24.5 Å². The molecule has 2 atom stereocenters. The summed E-state index contributed by atoms with van der Waals surface area (Å²) in [5, 5.41) is 3.67. The van der Waals surface area contributed by atoms with E-state index in [4.69, 9.17) is 0 Å². The highest BCUT2D eigenvalue weighted by molar-refractivity contribution is 5.93. The van der Waals surface area contributed by atoms with Crippen molar-refractivity contribution in [2.45, 2.75) is 31.7 Å². The standard InChI is InChI=1S/C18H19N4O2/c1-2-7-14-17(23)15(13-8-4-3-5-9-13)16-18(22(14)24)21-11-6-10-20(21)12-19-16/h3-6,8-10,12,14-15H,2,7,11H2,1H3/q+1. The number of ketones is 1. The number of rotatable bonds is 3. The lowest BCUT2D eigenvalue weighted by Crippen LogP contribution is -2.50. The fraction of sp³-hybridized carbons (Fsp3) is 0.333. The van der Waals surface area contributed by atoms with Crippen molar-refractivity contribution in [3.8, 4) is 0 Å². The molecule has 0 aromatic heterocycles. The van der Waals surface area contributed by atoms with Gasteiger partial charge in [-0.05, 0) is 22.8 Å². The van der Waals surface area contributed by atoms with Crippen molar-refractivity contribution < 1.29 is 9.55 Å². The average molecular weight is 323 g/mol. The minimum atomic E-state index is -0.658. The van der Waals surface area contributed by atoms with Crippen molar-refractivity contribution in [3.05, 3.63) is 64.6 Å². The first-order valence-corrected chi connectivity index (χ1v) is 8.28. The normalized spacial score (nSPS) is 25.4. The third-order valence-electron chi connectivity index (χ3n) is 4.68. The molecule has 1 aromatic rings. The topological polar surface area (TPSA) is 56.0 Å². The monoisotopic (exact) mass is 323 g/mol. The Morgan fingerprint density at radius 2 is 2.08 bits per heavy atom. The molecule has 3 aliphatic rings. The summed E-state index contributed by atoms with van der Waals surface area (Å²) in [5.41, 5.74) is 1.44. The summed E-state index contributed by atoms with van der Waals surface area (Å²) in [6.07, 6.45) is 6.85. The predicted molar refractivity (Wildman–Crippen MR) is 89.7 cm³/mol. The zero-order chi connectivity index (χ0) is 16.7. The Kier molecular flexibility index (Phi) is 3.52. The number of hydrogen-bond donors (Lipinski definition) is 0. The van der Waals surface area contributed by atoms with Crippen molar-refractivity contribution in [1.82, 2.24) is 10.0 Å². The van der Waals surface area contributed by atoms with Crippen LogP contribution < -0.4 is 0 Å². The molecule has 0 amide bonds. The largest absolute Gasteiger partial charge is 0.363 e. The van der Waals surface area contributed by atoms with E-state index < -0.39 is 12.0 Å². The molecule has 3 heterocycles. The third-order valence-corrected chi connectivity index (χ3v) is 4.68. The van der Waals surface area contributed by atoms with E-state index in [2.05, 4.69) is 4.99 Å². The van der Waals surface area contributed by atoms with Crippen molar-refractivity contribution >= 4 is 12.1 Å². The molecule has 0 radical (unpaired) electrons. The van der Waals surface area contributed by atoms with Crippen LogP contribution in [0.25, 0.3) is 0 Å². The molecule has 0 saturated carbocycles. The molecule has 6 heteroatoms. The first-order valence-electron chi connectivity index (χ1n) is 8.28. The Labute approximate surface area is 140 Å². The molecule has 0 bridgehead atoms. The van der Waals surface area contributed by atoms with E-state index in [9.17, 15) is 9.70 Å². The van der Waals surface area contributed by atoms with Gasteiger partial charge in [-0.1, -0.05) is 48.6 Å². The van der Waals surface area contributed by atoms with E-state index in [0.717, 1.165) is 16.7 Å². The summed E-state index contributed by atoms with van der Waals surface area (Å²) in [6.45, 7) is 2.60. The van der Waals surface area contributed by atoms with Gasteiger partial charge in [-0.15, -0.1) is 5.01 Å². The maximum Gasteiger partial charge on any atom is 0.363 e. The van der Waals surface area contributed by atoms with Crippen molar-refractivity contribution in [2.75, 3.05) is 6.54 Å². The van der Waals surface area contributed by atoms with Crippen LogP contribution in [0.15, 0.2) is 59.1 Å². The van der Waals surface area contributed by atoms with Crippen molar-refractivity contribution in [3.63, 3.8) is 0 Å². The predicted octanol–water partition coefficient (Wildman–Crippen LogP) is 2.56. The Bertz CT molecular complexity index is 781. The number of nitrogens with zero attached hydrogens (tertiary/aromatic N) is 4. The number of allylic oxidation sites excluding steroid dienone is 1. The van der Waals surface area contributed by atoms with Gasteiger partial charge in [0.25, 0.3) is 0 Å². The van der Waals surface area contributed by atoms with Crippen LogP contribution in [0.3, 0.4) is 0 Å². The fourth-order valence-corrected chi connectivity index (χ4v) is 3.56. The number of benzene rings is 1. The number of nitroso groups, excluding NO2 is 1. The van der Waals surface area contributed by atoms with Gasteiger partial charge < -0.3 is 0 Å². The van der Waals surface area contributed by atoms with Gasteiger partial charge in [0.1, 0.15) is 12.9 Å². The molecular weight excluding hydrogens is 304 g/mol. The first kappa shape index (κ1) is 14.8. The van der Waals surface area contributed by atoms with E-state index in [1.807, 2.05) is 54.5 Å². The zero-order valence-corrected chi connectivity index (χ0v) is 13.5. The lowest BCUT2D eigenvalue weighted by Gasteiger charge is -2.32. The first-order chi connectivity index (χ1) is 11.7. The van der Waals surface area contributed by atoms with Gasteiger partial charge in [-0.25, -0.2) is 4.99 Å². The van der Waals surface area contributed by atoms with Crippen LogP contribution in [0.1, 0.15) is 31.2 Å². The quantitative estimate of drug-likeness (QED) is 0.802. The van der Waals surface area contributed by atoms with E-state index >= 15 is 0 Å². The second-order valence-corrected chi connectivity index (χ2v) is 6.18. The number of carbonyl (C=O) groups is 1. The second kappa shape index (κ2) is 5.70. The van der Waals surface area contributed by atoms with Crippen LogP contribution in [0.5, 0.6) is 0 Å². The Balaban J connectivity index is 1.87. The van der Waals surface area contributed by atoms with Gasteiger partial charge in [0, 0.05) is 6.20 Å². The maximum atomic E-state index is 13.1. The molecule has 24 heavy (non-hydrogen) atoms. The van der Waals surface area contributed by atoms with Crippen LogP contribution in [0, 0.1) is 4.91 Å². The molecular formula is C18H19N4O2+. The van der Waals surface area contributed by atoms with Crippen molar-refractivity contribution in [1.29, 1.82) is 0 Å². The molecule has 122 valence electrons. The summed E-state index contributed by atoms with van der Waals surface area (Å²) in [7, 11) is 0. The summed E-state index contributed by atoms with van der Waals surface area (Å²) >= 11 is 0. The highest BCUT2D eigenvalue weighted by atomic mass is 16.3. The number of hydrogen-bond acceptors (Lipinski definition) is 5. The average Bonchev–Trinajstić information content (AvgIpc) is 3.08. The molecule has 0 saturated heterocycles. The van der Waals surface area contributed by atoms with Crippen LogP contribution in [-0.4, -0.2) is 39.5 Å². The Morgan fingerprint density at radius 1 is 1.29 bits per heavy atom. The summed E-state index contributed by atoms with van der Waals surface area (Å²) < 4.78 is 0.872. The molecule has 0 N–H and O–H groups in total. The van der Waals surface area contributed by atoms with Gasteiger partial charge in [0.15, 0.2) is 11.5 Å². The van der Waals surface area contributed by atoms with Gasteiger partial charge in [-0.2, -0.15) is 5.01 Å². The zero-order valence-electron chi connectivity index (χ0n) is 13.5. The van der Waals surface area contributed by atoms with Gasteiger partial charge in [0.2, 0.25) is 6.04 Å². The lowest BCUT2D eigenvalue weighted by atomic mass is 9.83. The lowest BCUT2D eigenvalue weighted by molar-refractivity contribution is -0.550. The molecule has 0 fully saturated rings. The van der Waals surface area contributed by atoms with Gasteiger partial charge in [0.05, 0.1) is 5.92 Å². The summed E-state index contributed by atoms with van der Waals surface area (Å²) in [6, 6.07) is 8.96. The summed E-state index contributed by atoms with van der Waals surface area (Å²) in [4.78, 5) is 30.5. The van der Waals surface area contributed by atoms with E-state index in [1.165, 1.54) is 0 Å². The molecule has 0 spiro atoms. The van der Waals surface area contributed by atoms with Gasteiger partial charge >= 0.3 is 5.82 Å². The second-order valence-electron chi connectivity index (χ2n) is 6.18. The Morgan fingerprint density at radius 3 is 2.83 bits per heavy atom. The van der Waals surface area contributed by atoms with Crippen LogP contribution in [0.2, 0.25) is 0 Å². The number of carbonyl (C=O) groups excluding carboxylic acids is 1. The number of fused-ring (bicyclic) bond motifs is 2. The van der Waals surface area contributed by atoms with E-state index in [-0.39, 0.29) is 5.78 Å². The Hall–Kier alpha value is -2.76. The van der Waals surface area contributed by atoms with Crippen LogP contribution in [-0.2, 0) is 4.79 Å². The molecule has 4 rings (SSSR count). The number of hydrazine groups is 1. The molecule has 6 nitrogen and oxygen atoms in total. The number of aliphatic imine (C=N–C) groups is 1. The molecule has 0 aliphatic carbocycles. The smallest absolute Gasteiger partial charge is 0.294 e. The van der Waals surface area contributed by atoms with Crippen LogP contribution >= 0.6 is 0 Å². The highest BCUT2D eigenvalue weighted by Gasteiger charge is 2.52. The maximum absolute atomic E-state index is 13.1. The minimum absolute atomic E-state index is 0.0606. The van der Waals surface area contributed by atoms with Crippen LogP contribution in [0.4, 0.5) is 0 Å². The van der Waals surface area contributed by atoms with E-state index in [1.54, 1.807) is 11.3 Å². The molecule has 2 unspecified atom stereocenters. The third kappa shape index (κ3) is 2.10. The minimum Gasteiger partial charge on any atom is -0.294 e. The van der Waals surface area contributed by atoms with Gasteiger partial charge in [-0.3, -0.25) is 4.79 Å².